The van der Waals surface area contributed by atoms with Crippen LogP contribution in [0.4, 0.5) is 0 Å². The SMILES string of the molecule is NC(=S)CCCNC(=O)c1ccccc1Cl. The van der Waals surface area contributed by atoms with Crippen LogP contribution in [0, 0.1) is 0 Å². The normalized spacial score (nSPS) is 9.81. The molecule has 0 saturated carbocycles. The van der Waals surface area contributed by atoms with Gasteiger partial charge in [-0.2, -0.15) is 0 Å². The highest BCUT2D eigenvalue weighted by atomic mass is 35.5. The Labute approximate surface area is 105 Å². The van der Waals surface area contributed by atoms with Crippen LogP contribution in [0.3, 0.4) is 0 Å². The molecule has 0 aliphatic heterocycles. The average Bonchev–Trinajstić information content (AvgIpc) is 2.24. The molecule has 0 spiro atoms. The van der Waals surface area contributed by atoms with Crippen LogP contribution in [-0.4, -0.2) is 17.4 Å². The molecule has 16 heavy (non-hydrogen) atoms. The zero-order valence-electron chi connectivity index (χ0n) is 8.70. The van der Waals surface area contributed by atoms with Crippen LogP contribution < -0.4 is 11.1 Å². The molecule has 3 N–H and O–H groups in total. The van der Waals surface area contributed by atoms with E-state index in [1.54, 1.807) is 24.3 Å². The van der Waals surface area contributed by atoms with Gasteiger partial charge in [0.05, 0.1) is 15.6 Å². The van der Waals surface area contributed by atoms with Crippen molar-refractivity contribution < 1.29 is 4.79 Å². The van der Waals surface area contributed by atoms with E-state index in [1.165, 1.54) is 0 Å². The number of benzene rings is 1. The quantitative estimate of drug-likeness (QED) is 0.627. The van der Waals surface area contributed by atoms with Gasteiger partial charge in [0.2, 0.25) is 0 Å². The number of thiocarbonyl (C=S) groups is 1. The van der Waals surface area contributed by atoms with E-state index in [0.717, 1.165) is 6.42 Å². The highest BCUT2D eigenvalue weighted by Gasteiger charge is 2.07. The second kappa shape index (κ2) is 6.45. The maximum atomic E-state index is 11.7. The van der Waals surface area contributed by atoms with E-state index in [4.69, 9.17) is 29.6 Å². The highest BCUT2D eigenvalue weighted by Crippen LogP contribution is 2.14. The first-order chi connectivity index (χ1) is 7.61. The predicted octanol–water partition coefficient (Wildman–Crippen LogP) is 2.14. The minimum Gasteiger partial charge on any atom is -0.393 e. The first-order valence-electron chi connectivity index (χ1n) is 4.92. The summed E-state index contributed by atoms with van der Waals surface area (Å²) in [5, 5.41) is 3.21. The molecule has 0 heterocycles. The maximum absolute atomic E-state index is 11.7. The first-order valence-corrected chi connectivity index (χ1v) is 5.71. The van der Waals surface area contributed by atoms with Gasteiger partial charge >= 0.3 is 0 Å². The Morgan fingerprint density at radius 1 is 1.44 bits per heavy atom. The summed E-state index contributed by atoms with van der Waals surface area (Å²) >= 11 is 10.6. The van der Waals surface area contributed by atoms with E-state index in [0.29, 0.717) is 28.5 Å². The van der Waals surface area contributed by atoms with Crippen LogP contribution in [0.1, 0.15) is 23.2 Å². The zero-order chi connectivity index (χ0) is 12.0. The third kappa shape index (κ3) is 4.16. The molecule has 0 radical (unpaired) electrons. The lowest BCUT2D eigenvalue weighted by molar-refractivity contribution is 0.0953. The van der Waals surface area contributed by atoms with Crippen molar-refractivity contribution in [1.29, 1.82) is 0 Å². The van der Waals surface area contributed by atoms with Crippen LogP contribution in [0.15, 0.2) is 24.3 Å². The Bertz CT molecular complexity index is 395. The van der Waals surface area contributed by atoms with E-state index in [1.807, 2.05) is 0 Å². The third-order valence-corrected chi connectivity index (χ3v) is 2.54. The van der Waals surface area contributed by atoms with Crippen molar-refractivity contribution >= 4 is 34.7 Å². The minimum absolute atomic E-state index is 0.173. The molecule has 0 aromatic heterocycles. The molecular weight excluding hydrogens is 244 g/mol. The van der Waals surface area contributed by atoms with Crippen LogP contribution in [-0.2, 0) is 0 Å². The van der Waals surface area contributed by atoms with Gasteiger partial charge in [0.25, 0.3) is 5.91 Å². The molecule has 1 aromatic carbocycles. The minimum atomic E-state index is -0.173. The van der Waals surface area contributed by atoms with E-state index in [-0.39, 0.29) is 5.91 Å². The average molecular weight is 257 g/mol. The van der Waals surface area contributed by atoms with Crippen LogP contribution in [0.25, 0.3) is 0 Å². The van der Waals surface area contributed by atoms with Crippen molar-refractivity contribution in [2.75, 3.05) is 6.54 Å². The number of carbonyl (C=O) groups is 1. The van der Waals surface area contributed by atoms with Gasteiger partial charge in [-0.05, 0) is 25.0 Å². The first kappa shape index (κ1) is 12.9. The number of hydrogen-bond donors (Lipinski definition) is 2. The topological polar surface area (TPSA) is 55.1 Å². The van der Waals surface area contributed by atoms with Crippen molar-refractivity contribution in [1.82, 2.24) is 5.32 Å². The number of carbonyl (C=O) groups excluding carboxylic acids is 1. The molecule has 86 valence electrons. The van der Waals surface area contributed by atoms with Crippen molar-refractivity contribution in [2.45, 2.75) is 12.8 Å². The van der Waals surface area contributed by atoms with Gasteiger partial charge in [0.1, 0.15) is 0 Å². The lowest BCUT2D eigenvalue weighted by Gasteiger charge is -2.05. The third-order valence-electron chi connectivity index (χ3n) is 2.00. The number of nitrogens with two attached hydrogens (primary N) is 1. The Balaban J connectivity index is 2.41. The summed E-state index contributed by atoms with van der Waals surface area (Å²) in [4.78, 5) is 12.1. The van der Waals surface area contributed by atoms with Crippen molar-refractivity contribution in [3.63, 3.8) is 0 Å². The van der Waals surface area contributed by atoms with E-state index < -0.39 is 0 Å². The molecule has 0 bridgehead atoms. The number of hydrogen-bond acceptors (Lipinski definition) is 2. The van der Waals surface area contributed by atoms with Gasteiger partial charge in [0.15, 0.2) is 0 Å². The number of amides is 1. The molecule has 0 fully saturated rings. The van der Waals surface area contributed by atoms with E-state index >= 15 is 0 Å². The van der Waals surface area contributed by atoms with Crippen LogP contribution in [0.2, 0.25) is 5.02 Å². The van der Waals surface area contributed by atoms with Gasteiger partial charge < -0.3 is 11.1 Å². The van der Waals surface area contributed by atoms with Crippen LogP contribution >= 0.6 is 23.8 Å². The lowest BCUT2D eigenvalue weighted by Crippen LogP contribution is -2.25. The van der Waals surface area contributed by atoms with E-state index in [9.17, 15) is 4.79 Å². The fourth-order valence-electron chi connectivity index (χ4n) is 1.21. The molecule has 0 atom stereocenters. The predicted molar refractivity (Wildman–Crippen MR) is 69.8 cm³/mol. The smallest absolute Gasteiger partial charge is 0.252 e. The summed E-state index contributed by atoms with van der Waals surface area (Å²) in [5.41, 5.74) is 5.83. The largest absolute Gasteiger partial charge is 0.393 e. The summed E-state index contributed by atoms with van der Waals surface area (Å²) in [6.45, 7) is 0.543. The fraction of sp³-hybridized carbons (Fsp3) is 0.273. The number of halogens is 1. The second-order valence-corrected chi connectivity index (χ2v) is 4.24. The Morgan fingerprint density at radius 2 is 2.12 bits per heavy atom. The highest BCUT2D eigenvalue weighted by molar-refractivity contribution is 7.80. The summed E-state index contributed by atoms with van der Waals surface area (Å²) in [5.74, 6) is -0.173. The van der Waals surface area contributed by atoms with Gasteiger partial charge in [-0.3, -0.25) is 4.79 Å². The standard InChI is InChI=1S/C11H13ClN2OS/c12-9-5-2-1-4-8(9)11(15)14-7-3-6-10(13)16/h1-2,4-5H,3,6-7H2,(H2,13,16)(H,14,15). The lowest BCUT2D eigenvalue weighted by atomic mass is 10.2. The van der Waals surface area contributed by atoms with Gasteiger partial charge in [-0.1, -0.05) is 36.0 Å². The molecule has 3 nitrogen and oxygen atoms in total. The van der Waals surface area contributed by atoms with Crippen molar-refractivity contribution in [3.8, 4) is 0 Å². The maximum Gasteiger partial charge on any atom is 0.252 e. The molecule has 1 rings (SSSR count). The summed E-state index contributed by atoms with van der Waals surface area (Å²) < 4.78 is 0. The Hall–Kier alpha value is -1.13. The van der Waals surface area contributed by atoms with Gasteiger partial charge in [-0.15, -0.1) is 0 Å². The summed E-state index contributed by atoms with van der Waals surface area (Å²) in [6, 6.07) is 6.93. The second-order valence-electron chi connectivity index (χ2n) is 3.31. The molecule has 1 amide bonds. The summed E-state index contributed by atoms with van der Waals surface area (Å²) in [7, 11) is 0. The summed E-state index contributed by atoms with van der Waals surface area (Å²) in [6.07, 6.45) is 1.38. The Kier molecular flexibility index (Phi) is 5.22. The van der Waals surface area contributed by atoms with Crippen molar-refractivity contribution in [3.05, 3.63) is 34.9 Å². The van der Waals surface area contributed by atoms with Gasteiger partial charge in [-0.25, -0.2) is 0 Å². The molecule has 0 saturated heterocycles. The number of rotatable bonds is 5. The molecule has 0 aliphatic rings. The molecular formula is C11H13ClN2OS. The molecule has 5 heteroatoms. The van der Waals surface area contributed by atoms with Crippen molar-refractivity contribution in [2.24, 2.45) is 5.73 Å². The monoisotopic (exact) mass is 256 g/mol. The Morgan fingerprint density at radius 3 is 2.75 bits per heavy atom. The zero-order valence-corrected chi connectivity index (χ0v) is 10.3. The molecule has 0 aliphatic carbocycles. The molecule has 1 aromatic rings. The fourth-order valence-corrected chi connectivity index (χ4v) is 1.57. The van der Waals surface area contributed by atoms with Crippen LogP contribution in [0.5, 0.6) is 0 Å². The van der Waals surface area contributed by atoms with E-state index in [2.05, 4.69) is 5.32 Å². The molecule has 0 unspecified atom stereocenters. The number of nitrogens with one attached hydrogen (secondary N) is 1. The van der Waals surface area contributed by atoms with Gasteiger partial charge in [0, 0.05) is 6.54 Å².